The lowest BCUT2D eigenvalue weighted by Crippen LogP contribution is -2.27. The highest BCUT2D eigenvalue weighted by molar-refractivity contribution is 8.00. The van der Waals surface area contributed by atoms with E-state index in [2.05, 4.69) is 10.2 Å². The third-order valence-corrected chi connectivity index (χ3v) is 6.32. The van der Waals surface area contributed by atoms with Crippen LogP contribution in [0.4, 0.5) is 5.00 Å². The van der Waals surface area contributed by atoms with Crippen LogP contribution in [0.5, 0.6) is 5.75 Å². The van der Waals surface area contributed by atoms with E-state index in [1.807, 2.05) is 31.3 Å². The molecule has 1 aromatic carbocycles. The average Bonchev–Trinajstić information content (AvgIpc) is 2.97. The van der Waals surface area contributed by atoms with E-state index in [0.29, 0.717) is 10.6 Å². The highest BCUT2D eigenvalue weighted by atomic mass is 35.5. The molecular formula is C18H22ClN3O3S2. The Morgan fingerprint density at radius 2 is 2.04 bits per heavy atom. The van der Waals surface area contributed by atoms with E-state index in [1.54, 1.807) is 7.11 Å². The Labute approximate surface area is 172 Å². The van der Waals surface area contributed by atoms with E-state index < -0.39 is 5.91 Å². The number of anilines is 1. The predicted octanol–water partition coefficient (Wildman–Crippen LogP) is 3.00. The summed E-state index contributed by atoms with van der Waals surface area (Å²) in [7, 11) is 3.65. The van der Waals surface area contributed by atoms with Gasteiger partial charge < -0.3 is 20.7 Å². The molecule has 6 nitrogen and oxygen atoms in total. The topological polar surface area (TPSA) is 84.7 Å². The summed E-state index contributed by atoms with van der Waals surface area (Å²) >= 11 is 2.88. The van der Waals surface area contributed by atoms with Gasteiger partial charge in [-0.25, -0.2) is 0 Å². The molecule has 2 aromatic rings. The second-order valence-corrected chi connectivity index (χ2v) is 8.23. The first-order valence-electron chi connectivity index (χ1n) is 8.17. The minimum absolute atomic E-state index is 0. The Balaban J connectivity index is 0.00000261. The number of carbonyl (C=O) groups is 2. The van der Waals surface area contributed by atoms with Gasteiger partial charge in [-0.3, -0.25) is 9.59 Å². The molecule has 27 heavy (non-hydrogen) atoms. The molecule has 9 heteroatoms. The molecule has 3 rings (SSSR count). The van der Waals surface area contributed by atoms with Crippen LogP contribution in [-0.2, 0) is 17.8 Å². The molecular weight excluding hydrogens is 406 g/mol. The Morgan fingerprint density at radius 3 is 2.67 bits per heavy atom. The zero-order valence-electron chi connectivity index (χ0n) is 15.1. The maximum absolute atomic E-state index is 12.3. The van der Waals surface area contributed by atoms with Crippen LogP contribution in [-0.4, -0.2) is 43.2 Å². The zero-order chi connectivity index (χ0) is 18.7. The van der Waals surface area contributed by atoms with Crippen molar-refractivity contribution in [1.82, 2.24) is 4.90 Å². The number of nitrogens with zero attached hydrogens (tertiary/aromatic N) is 1. The zero-order valence-corrected chi connectivity index (χ0v) is 17.6. The number of ether oxygens (including phenoxy) is 1. The summed E-state index contributed by atoms with van der Waals surface area (Å²) in [5.41, 5.74) is 7.03. The number of carbonyl (C=O) groups excluding carboxylic acids is 2. The molecule has 0 radical (unpaired) electrons. The smallest absolute Gasteiger partial charge is 0.251 e. The second kappa shape index (κ2) is 9.45. The number of hydrogen-bond donors (Lipinski definition) is 2. The van der Waals surface area contributed by atoms with E-state index in [-0.39, 0.29) is 24.1 Å². The third kappa shape index (κ3) is 5.16. The van der Waals surface area contributed by atoms with Crippen molar-refractivity contribution in [2.24, 2.45) is 5.73 Å². The van der Waals surface area contributed by atoms with Crippen LogP contribution in [0.1, 0.15) is 20.8 Å². The molecule has 0 saturated carbocycles. The van der Waals surface area contributed by atoms with Gasteiger partial charge in [0.15, 0.2) is 0 Å². The first-order chi connectivity index (χ1) is 12.5. The van der Waals surface area contributed by atoms with Gasteiger partial charge >= 0.3 is 0 Å². The quantitative estimate of drug-likeness (QED) is 0.692. The van der Waals surface area contributed by atoms with E-state index in [0.717, 1.165) is 40.6 Å². The summed E-state index contributed by atoms with van der Waals surface area (Å²) in [6.07, 6.45) is 0.775. The van der Waals surface area contributed by atoms with Crippen LogP contribution in [0.15, 0.2) is 29.2 Å². The number of likely N-dealkylation sites (N-methyl/N-ethyl adjacent to an activating group) is 1. The van der Waals surface area contributed by atoms with Crippen molar-refractivity contribution in [3.63, 3.8) is 0 Å². The molecule has 0 saturated heterocycles. The number of benzene rings is 1. The van der Waals surface area contributed by atoms with Gasteiger partial charge in [-0.05, 0) is 43.3 Å². The Hall–Kier alpha value is -1.74. The van der Waals surface area contributed by atoms with Crippen molar-refractivity contribution in [3.05, 3.63) is 40.3 Å². The minimum Gasteiger partial charge on any atom is -0.497 e. The molecule has 1 aliphatic heterocycles. The monoisotopic (exact) mass is 427 g/mol. The number of thioether (sulfide) groups is 1. The fraction of sp³-hybridized carbons (Fsp3) is 0.333. The fourth-order valence-corrected chi connectivity index (χ4v) is 4.91. The lowest BCUT2D eigenvalue weighted by Gasteiger charge is -2.22. The predicted molar refractivity (Wildman–Crippen MR) is 112 cm³/mol. The number of nitrogens with one attached hydrogen (secondary N) is 1. The molecule has 2 heterocycles. The highest BCUT2D eigenvalue weighted by Gasteiger charge is 2.26. The number of nitrogens with two attached hydrogens (primary N) is 1. The third-order valence-electron chi connectivity index (χ3n) is 4.18. The summed E-state index contributed by atoms with van der Waals surface area (Å²) < 4.78 is 5.12. The molecule has 0 aliphatic carbocycles. The fourth-order valence-electron chi connectivity index (χ4n) is 2.86. The van der Waals surface area contributed by atoms with Gasteiger partial charge in [-0.15, -0.1) is 35.5 Å². The molecule has 146 valence electrons. The van der Waals surface area contributed by atoms with Crippen LogP contribution in [0.3, 0.4) is 0 Å². The number of halogens is 1. The summed E-state index contributed by atoms with van der Waals surface area (Å²) in [4.78, 5) is 28.5. The van der Waals surface area contributed by atoms with Crippen molar-refractivity contribution >= 4 is 52.3 Å². The molecule has 3 N–H and O–H groups in total. The number of amides is 2. The molecule has 0 bridgehead atoms. The lowest BCUT2D eigenvalue weighted by atomic mass is 10.0. The van der Waals surface area contributed by atoms with Gasteiger partial charge in [0.25, 0.3) is 5.91 Å². The molecule has 1 aliphatic rings. The van der Waals surface area contributed by atoms with Crippen molar-refractivity contribution < 1.29 is 14.3 Å². The van der Waals surface area contributed by atoms with E-state index in [9.17, 15) is 9.59 Å². The van der Waals surface area contributed by atoms with E-state index in [4.69, 9.17) is 10.5 Å². The van der Waals surface area contributed by atoms with Crippen LogP contribution in [0, 0.1) is 0 Å². The number of thiophene rings is 1. The van der Waals surface area contributed by atoms with Crippen molar-refractivity contribution in [2.75, 3.05) is 31.8 Å². The molecule has 1 aromatic heterocycles. The van der Waals surface area contributed by atoms with Crippen LogP contribution >= 0.6 is 35.5 Å². The first-order valence-corrected chi connectivity index (χ1v) is 9.97. The van der Waals surface area contributed by atoms with Crippen LogP contribution in [0.25, 0.3) is 0 Å². The number of fused-ring (bicyclic) bond motifs is 1. The molecule has 0 spiro atoms. The van der Waals surface area contributed by atoms with Crippen molar-refractivity contribution in [1.29, 1.82) is 0 Å². The van der Waals surface area contributed by atoms with Crippen LogP contribution in [0.2, 0.25) is 0 Å². The largest absolute Gasteiger partial charge is 0.497 e. The highest BCUT2D eigenvalue weighted by Crippen LogP contribution is 2.36. The standard InChI is InChI=1S/C18H21N3O3S2.ClH/c1-21-8-7-13-14(9-21)26-18(16(13)17(19)23)20-15(22)10-25-12-5-3-11(24-2)4-6-12;/h3-6H,7-10H2,1-2H3,(H2,19,23)(H,20,22);1H. The summed E-state index contributed by atoms with van der Waals surface area (Å²) in [6.45, 7) is 1.65. The summed E-state index contributed by atoms with van der Waals surface area (Å²) in [6, 6.07) is 7.53. The Bertz CT molecular complexity index is 824. The van der Waals surface area contributed by atoms with E-state index >= 15 is 0 Å². The van der Waals surface area contributed by atoms with Crippen molar-refractivity contribution in [3.8, 4) is 5.75 Å². The Morgan fingerprint density at radius 1 is 1.33 bits per heavy atom. The first kappa shape index (κ1) is 21.6. The Kier molecular flexibility index (Phi) is 7.55. The van der Waals surface area contributed by atoms with Crippen molar-refractivity contribution in [2.45, 2.75) is 17.9 Å². The summed E-state index contributed by atoms with van der Waals surface area (Å²) in [5.74, 6) is 0.400. The summed E-state index contributed by atoms with van der Waals surface area (Å²) in [5, 5.41) is 3.44. The molecule has 2 amide bonds. The maximum atomic E-state index is 12.3. The average molecular weight is 428 g/mol. The van der Waals surface area contributed by atoms with E-state index in [1.165, 1.54) is 23.1 Å². The van der Waals surface area contributed by atoms with Gasteiger partial charge in [0.05, 0.1) is 18.4 Å². The number of hydrogen-bond acceptors (Lipinski definition) is 6. The second-order valence-electron chi connectivity index (χ2n) is 6.07. The van der Waals surface area contributed by atoms with Gasteiger partial charge in [-0.1, -0.05) is 0 Å². The van der Waals surface area contributed by atoms with Crippen LogP contribution < -0.4 is 15.8 Å². The SMILES string of the molecule is COc1ccc(SCC(=O)Nc2sc3c(c2C(N)=O)CCN(C)C3)cc1.Cl. The normalized spacial score (nSPS) is 13.4. The number of primary amides is 1. The maximum Gasteiger partial charge on any atom is 0.251 e. The lowest BCUT2D eigenvalue weighted by molar-refractivity contribution is -0.113. The number of rotatable bonds is 6. The minimum atomic E-state index is -0.481. The molecule has 0 fully saturated rings. The van der Waals surface area contributed by atoms with Gasteiger partial charge in [0.1, 0.15) is 10.8 Å². The number of methoxy groups -OCH3 is 1. The van der Waals surface area contributed by atoms with Gasteiger partial charge in [0.2, 0.25) is 5.91 Å². The van der Waals surface area contributed by atoms with Gasteiger partial charge in [0, 0.05) is 22.9 Å². The molecule has 0 atom stereocenters. The molecule has 0 unspecified atom stereocenters. The van der Waals surface area contributed by atoms with Gasteiger partial charge in [-0.2, -0.15) is 0 Å².